The van der Waals surface area contributed by atoms with Crippen molar-refractivity contribution in [3.05, 3.63) is 41.7 Å². The molecule has 0 amide bonds. The lowest BCUT2D eigenvalue weighted by atomic mass is 9.87. The van der Waals surface area contributed by atoms with Crippen LogP contribution in [0.5, 0.6) is 5.88 Å². The molecule has 1 saturated heterocycles. The van der Waals surface area contributed by atoms with E-state index < -0.39 is 29.8 Å². The highest BCUT2D eigenvalue weighted by Crippen LogP contribution is 2.44. The minimum atomic E-state index is -4.60. The second-order valence-corrected chi connectivity index (χ2v) is 11.0. The number of nitrogens with two attached hydrogens (primary N) is 1. The first-order chi connectivity index (χ1) is 19.2. The summed E-state index contributed by atoms with van der Waals surface area (Å²) in [6.07, 6.45) is -2.56. The Hall–Kier alpha value is -4.01. The van der Waals surface area contributed by atoms with Gasteiger partial charge < -0.3 is 30.5 Å². The Morgan fingerprint density at radius 2 is 1.85 bits per heavy atom. The van der Waals surface area contributed by atoms with Gasteiger partial charge in [-0.05, 0) is 38.2 Å². The molecule has 1 fully saturated rings. The van der Waals surface area contributed by atoms with Gasteiger partial charge in [0, 0.05) is 37.2 Å². The summed E-state index contributed by atoms with van der Waals surface area (Å²) in [6, 6.07) is 3.91. The largest absolute Gasteiger partial charge is 0.466 e. The summed E-state index contributed by atoms with van der Waals surface area (Å²) in [5.41, 5.74) is 6.99. The Labute approximate surface area is 233 Å². The van der Waals surface area contributed by atoms with E-state index in [0.29, 0.717) is 36.7 Å². The van der Waals surface area contributed by atoms with Crippen LogP contribution in [-0.4, -0.2) is 77.4 Å². The number of hydrogen-bond donors (Lipinski definition) is 2. The number of ether oxygens (including phenoxy) is 1. The van der Waals surface area contributed by atoms with Gasteiger partial charge in [-0.1, -0.05) is 13.8 Å². The number of benzene rings is 1. The van der Waals surface area contributed by atoms with Crippen LogP contribution in [0.2, 0.25) is 0 Å². The number of nitrogens with zero attached hydrogens (tertiary/aromatic N) is 7. The SMILES string of the molecule is CN(C)[C@@H]1CCN(c2nc(OCC(F)(F)F)c(Nc3ncnc(N4CC(C)(C)c5cc(F)c(F)cc54)n3)cc2N)C1. The molecule has 4 heterocycles. The molecule has 1 aromatic carbocycles. The summed E-state index contributed by atoms with van der Waals surface area (Å²) < 4.78 is 72.5. The van der Waals surface area contributed by atoms with Crippen LogP contribution in [0, 0.1) is 11.6 Å². The predicted octanol–water partition coefficient (Wildman–Crippen LogP) is 4.38. The van der Waals surface area contributed by atoms with Crippen LogP contribution < -0.4 is 25.6 Å². The van der Waals surface area contributed by atoms with Crippen molar-refractivity contribution in [1.82, 2.24) is 24.8 Å². The third-order valence-electron chi connectivity index (χ3n) is 7.22. The Morgan fingerprint density at radius 1 is 1.12 bits per heavy atom. The van der Waals surface area contributed by atoms with E-state index in [2.05, 4.69) is 30.2 Å². The molecule has 41 heavy (non-hydrogen) atoms. The molecule has 0 saturated carbocycles. The smallest absolute Gasteiger partial charge is 0.422 e. The van der Waals surface area contributed by atoms with E-state index in [1.807, 2.05) is 32.8 Å². The fourth-order valence-corrected chi connectivity index (χ4v) is 5.11. The summed E-state index contributed by atoms with van der Waals surface area (Å²) in [7, 11) is 3.91. The highest BCUT2D eigenvalue weighted by Gasteiger charge is 2.38. The van der Waals surface area contributed by atoms with Gasteiger partial charge in [0.05, 0.1) is 11.4 Å². The standard InChI is InChI=1S/C26H30F5N9O/c1-25(2)11-40(20-8-17(28)16(27)7-15(20)25)24-34-13-33-23(37-24)35-19-9-18(32)21(36-22(19)41-12-26(29,30)31)39-6-5-14(10-39)38(3)4/h7-9,13-14H,5-6,10-12,32H2,1-4H3,(H,33,34,35,37)/t14-/m1/s1. The summed E-state index contributed by atoms with van der Waals surface area (Å²) in [6.45, 7) is 3.74. The van der Waals surface area contributed by atoms with E-state index in [0.717, 1.165) is 18.6 Å². The van der Waals surface area contributed by atoms with Crippen molar-refractivity contribution in [3.8, 4) is 5.88 Å². The maximum atomic E-state index is 14.1. The number of fused-ring (bicyclic) bond motifs is 1. The van der Waals surface area contributed by atoms with Gasteiger partial charge >= 0.3 is 6.18 Å². The number of anilines is 6. The van der Waals surface area contributed by atoms with Crippen LogP contribution in [0.4, 0.5) is 56.7 Å². The lowest BCUT2D eigenvalue weighted by Crippen LogP contribution is -2.32. The number of nitrogen functional groups attached to an aromatic ring is 1. The van der Waals surface area contributed by atoms with E-state index in [1.54, 1.807) is 4.90 Å². The molecule has 0 radical (unpaired) electrons. The summed E-state index contributed by atoms with van der Waals surface area (Å²) in [4.78, 5) is 22.6. The summed E-state index contributed by atoms with van der Waals surface area (Å²) >= 11 is 0. The zero-order chi connectivity index (χ0) is 29.7. The minimum Gasteiger partial charge on any atom is -0.466 e. The van der Waals surface area contributed by atoms with Gasteiger partial charge in [-0.2, -0.15) is 23.1 Å². The van der Waals surface area contributed by atoms with Crippen molar-refractivity contribution in [3.63, 3.8) is 0 Å². The molecule has 2 aliphatic heterocycles. The minimum absolute atomic E-state index is 0.0197. The molecule has 10 nitrogen and oxygen atoms in total. The maximum Gasteiger partial charge on any atom is 0.422 e. The van der Waals surface area contributed by atoms with Gasteiger partial charge in [-0.15, -0.1) is 0 Å². The lowest BCUT2D eigenvalue weighted by molar-refractivity contribution is -0.153. The lowest BCUT2D eigenvalue weighted by Gasteiger charge is -2.24. The third-order valence-corrected chi connectivity index (χ3v) is 7.22. The van der Waals surface area contributed by atoms with Crippen molar-refractivity contribution >= 4 is 34.8 Å². The Morgan fingerprint density at radius 3 is 2.54 bits per heavy atom. The van der Waals surface area contributed by atoms with Gasteiger partial charge in [0.25, 0.3) is 0 Å². The third kappa shape index (κ3) is 5.89. The summed E-state index contributed by atoms with van der Waals surface area (Å²) in [5, 5.41) is 2.84. The quantitative estimate of drug-likeness (QED) is 0.392. The number of aromatic nitrogens is 4. The fourth-order valence-electron chi connectivity index (χ4n) is 5.11. The topological polar surface area (TPSA) is 109 Å². The fraction of sp³-hybridized carbons (Fsp3) is 0.462. The van der Waals surface area contributed by atoms with Crippen molar-refractivity contribution in [2.24, 2.45) is 0 Å². The van der Waals surface area contributed by atoms with Gasteiger partial charge in [-0.25, -0.2) is 18.7 Å². The molecule has 2 aliphatic rings. The number of rotatable bonds is 7. The number of nitrogens with one attached hydrogen (secondary N) is 1. The van der Waals surface area contributed by atoms with Crippen LogP contribution in [0.25, 0.3) is 0 Å². The summed E-state index contributed by atoms with van der Waals surface area (Å²) in [5.74, 6) is -1.89. The predicted molar refractivity (Wildman–Crippen MR) is 144 cm³/mol. The van der Waals surface area contributed by atoms with Gasteiger partial charge in [-0.3, -0.25) is 0 Å². The van der Waals surface area contributed by atoms with Crippen LogP contribution in [-0.2, 0) is 5.41 Å². The average Bonchev–Trinajstić information content (AvgIpc) is 3.47. The Balaban J connectivity index is 1.46. The van der Waals surface area contributed by atoms with Crippen LogP contribution >= 0.6 is 0 Å². The highest BCUT2D eigenvalue weighted by atomic mass is 19.4. The van der Waals surface area contributed by atoms with E-state index in [1.165, 1.54) is 12.4 Å². The highest BCUT2D eigenvalue weighted by molar-refractivity contribution is 5.75. The number of halogens is 5. The van der Waals surface area contributed by atoms with Crippen molar-refractivity contribution in [2.75, 3.05) is 61.2 Å². The molecule has 0 spiro atoms. The zero-order valence-electron chi connectivity index (χ0n) is 22.9. The van der Waals surface area contributed by atoms with Gasteiger partial charge in [0.2, 0.25) is 17.8 Å². The van der Waals surface area contributed by atoms with E-state index in [9.17, 15) is 22.0 Å². The van der Waals surface area contributed by atoms with Crippen LogP contribution in [0.3, 0.4) is 0 Å². The average molecular weight is 580 g/mol. The van der Waals surface area contributed by atoms with Crippen molar-refractivity contribution < 1.29 is 26.7 Å². The zero-order valence-corrected chi connectivity index (χ0v) is 22.9. The first kappa shape index (κ1) is 28.5. The van der Waals surface area contributed by atoms with Gasteiger partial charge in [0.1, 0.15) is 12.0 Å². The molecule has 1 atom stereocenters. The molecule has 3 aromatic rings. The normalized spacial score (nSPS) is 18.2. The first-order valence-corrected chi connectivity index (χ1v) is 12.9. The molecule has 3 N–H and O–H groups in total. The van der Waals surface area contributed by atoms with Gasteiger partial charge in [0.15, 0.2) is 24.1 Å². The second kappa shape index (κ2) is 10.4. The molecule has 15 heteroatoms. The van der Waals surface area contributed by atoms with Crippen LogP contribution in [0.15, 0.2) is 24.5 Å². The maximum absolute atomic E-state index is 14.1. The monoisotopic (exact) mass is 579 g/mol. The van der Waals surface area contributed by atoms with E-state index in [4.69, 9.17) is 10.5 Å². The van der Waals surface area contributed by atoms with E-state index in [-0.39, 0.29) is 35.2 Å². The number of alkyl halides is 3. The number of likely N-dealkylation sites (N-methyl/N-ethyl adjacent to an activating group) is 1. The van der Waals surface area contributed by atoms with E-state index >= 15 is 0 Å². The molecule has 2 aromatic heterocycles. The first-order valence-electron chi connectivity index (χ1n) is 12.9. The molecular formula is C26H30F5N9O. The molecule has 5 rings (SSSR count). The Bertz CT molecular complexity index is 1450. The Kier molecular flexibility index (Phi) is 7.26. The molecule has 0 bridgehead atoms. The molecular weight excluding hydrogens is 549 g/mol. The molecule has 0 unspecified atom stereocenters. The second-order valence-electron chi connectivity index (χ2n) is 11.0. The number of hydrogen-bond acceptors (Lipinski definition) is 10. The van der Waals surface area contributed by atoms with Crippen LogP contribution in [0.1, 0.15) is 25.8 Å². The number of pyridine rings is 1. The van der Waals surface area contributed by atoms with Crippen molar-refractivity contribution in [2.45, 2.75) is 37.9 Å². The molecule has 220 valence electrons. The molecule has 0 aliphatic carbocycles. The van der Waals surface area contributed by atoms with Crippen molar-refractivity contribution in [1.29, 1.82) is 0 Å².